The molecule has 1 aromatic heterocycles. The molecule has 17 heavy (non-hydrogen) atoms. The lowest BCUT2D eigenvalue weighted by Gasteiger charge is -2.32. The molecule has 1 aliphatic heterocycles. The molecule has 4 nitrogen and oxygen atoms in total. The minimum absolute atomic E-state index is 0.742. The van der Waals surface area contributed by atoms with Crippen molar-refractivity contribution in [3.8, 4) is 0 Å². The first kappa shape index (κ1) is 12.6. The van der Waals surface area contributed by atoms with Gasteiger partial charge in [-0.05, 0) is 39.4 Å². The van der Waals surface area contributed by atoms with Crippen LogP contribution in [-0.2, 0) is 6.54 Å². The fourth-order valence-electron chi connectivity index (χ4n) is 2.54. The van der Waals surface area contributed by atoms with E-state index in [2.05, 4.69) is 39.8 Å². The first-order valence-corrected chi connectivity index (χ1v) is 6.73. The second-order valence-electron chi connectivity index (χ2n) is 4.84. The normalized spacial score (nSPS) is 18.7. The summed E-state index contributed by atoms with van der Waals surface area (Å²) in [4.78, 5) is 6.81. The second-order valence-corrected chi connectivity index (χ2v) is 4.84. The second kappa shape index (κ2) is 6.17. The van der Waals surface area contributed by atoms with Crippen LogP contribution in [0.2, 0.25) is 0 Å². The van der Waals surface area contributed by atoms with Crippen LogP contribution in [0.5, 0.6) is 0 Å². The van der Waals surface area contributed by atoms with Crippen LogP contribution in [0.25, 0.3) is 0 Å². The summed E-state index contributed by atoms with van der Waals surface area (Å²) >= 11 is 0. The molecule has 4 heteroatoms. The van der Waals surface area contributed by atoms with Gasteiger partial charge in [-0.1, -0.05) is 6.92 Å². The van der Waals surface area contributed by atoms with Crippen molar-refractivity contribution in [3.63, 3.8) is 0 Å². The van der Waals surface area contributed by atoms with Gasteiger partial charge in [-0.25, -0.2) is 4.98 Å². The van der Waals surface area contributed by atoms with Gasteiger partial charge in [0.2, 0.25) is 0 Å². The zero-order valence-corrected chi connectivity index (χ0v) is 11.0. The summed E-state index contributed by atoms with van der Waals surface area (Å²) in [6.07, 6.45) is 6.53. The molecule has 0 atom stereocenters. The molecule has 1 saturated heterocycles. The van der Waals surface area contributed by atoms with Crippen LogP contribution in [0.15, 0.2) is 12.4 Å². The number of piperidine rings is 1. The Morgan fingerprint density at radius 1 is 1.35 bits per heavy atom. The summed E-state index contributed by atoms with van der Waals surface area (Å²) in [5, 5.41) is 3.54. The van der Waals surface area contributed by atoms with E-state index in [0.717, 1.165) is 31.5 Å². The molecule has 1 aromatic rings. The molecule has 0 radical (unpaired) electrons. The van der Waals surface area contributed by atoms with Gasteiger partial charge in [0.05, 0.1) is 0 Å². The largest absolute Gasteiger partial charge is 0.334 e. The predicted octanol–water partition coefficient (Wildman–Crippen LogP) is 1.27. The average molecular weight is 236 g/mol. The number of aromatic nitrogens is 2. The molecule has 1 N–H and O–H groups in total. The van der Waals surface area contributed by atoms with E-state index in [9.17, 15) is 0 Å². The highest BCUT2D eigenvalue weighted by Gasteiger charge is 2.17. The standard InChI is InChI=1S/C13H24N4/c1-3-14-13-4-7-16(8-5-13)10-11-17-9-6-15-12(17)2/h6,9,13-14H,3-5,7-8,10-11H2,1-2H3. The molecular formula is C13H24N4. The molecule has 0 bridgehead atoms. The number of hydrogen-bond donors (Lipinski definition) is 1. The van der Waals surface area contributed by atoms with Gasteiger partial charge in [-0.3, -0.25) is 0 Å². The summed E-state index contributed by atoms with van der Waals surface area (Å²) in [5.41, 5.74) is 0. The predicted molar refractivity (Wildman–Crippen MR) is 70.1 cm³/mol. The minimum Gasteiger partial charge on any atom is -0.334 e. The molecular weight excluding hydrogens is 212 g/mol. The first-order valence-electron chi connectivity index (χ1n) is 6.73. The Hall–Kier alpha value is -0.870. The fraction of sp³-hybridized carbons (Fsp3) is 0.769. The van der Waals surface area contributed by atoms with Gasteiger partial charge in [0.25, 0.3) is 0 Å². The van der Waals surface area contributed by atoms with Gasteiger partial charge in [0, 0.05) is 31.5 Å². The Kier molecular flexibility index (Phi) is 4.57. The molecule has 1 fully saturated rings. The molecule has 2 heterocycles. The van der Waals surface area contributed by atoms with Crippen LogP contribution in [0.3, 0.4) is 0 Å². The maximum Gasteiger partial charge on any atom is 0.105 e. The Morgan fingerprint density at radius 3 is 2.71 bits per heavy atom. The van der Waals surface area contributed by atoms with Gasteiger partial charge < -0.3 is 14.8 Å². The molecule has 1 aliphatic rings. The third-order valence-corrected chi connectivity index (χ3v) is 3.66. The van der Waals surface area contributed by atoms with Crippen LogP contribution in [0, 0.1) is 6.92 Å². The SMILES string of the molecule is CCNC1CCN(CCn2ccnc2C)CC1. The highest BCUT2D eigenvalue weighted by molar-refractivity contribution is 4.88. The molecule has 0 spiro atoms. The van der Waals surface area contributed by atoms with Crippen molar-refractivity contribution in [3.05, 3.63) is 18.2 Å². The average Bonchev–Trinajstić information content (AvgIpc) is 2.75. The topological polar surface area (TPSA) is 33.1 Å². The molecule has 2 rings (SSSR count). The molecule has 0 aromatic carbocycles. The maximum absolute atomic E-state index is 4.25. The lowest BCUT2D eigenvalue weighted by molar-refractivity contribution is 0.192. The highest BCUT2D eigenvalue weighted by Crippen LogP contribution is 2.10. The number of imidazole rings is 1. The lowest BCUT2D eigenvalue weighted by Crippen LogP contribution is -2.43. The van der Waals surface area contributed by atoms with Crippen molar-refractivity contribution in [1.29, 1.82) is 0 Å². The van der Waals surface area contributed by atoms with Gasteiger partial charge in [-0.2, -0.15) is 0 Å². The monoisotopic (exact) mass is 236 g/mol. The summed E-state index contributed by atoms with van der Waals surface area (Å²) in [6, 6.07) is 0.742. The van der Waals surface area contributed by atoms with E-state index in [1.807, 2.05) is 6.20 Å². The number of nitrogens with zero attached hydrogens (tertiary/aromatic N) is 3. The number of hydrogen-bond acceptors (Lipinski definition) is 3. The lowest BCUT2D eigenvalue weighted by atomic mass is 10.1. The van der Waals surface area contributed by atoms with Gasteiger partial charge in [0.15, 0.2) is 0 Å². The zero-order chi connectivity index (χ0) is 12.1. The number of nitrogens with one attached hydrogen (secondary N) is 1. The van der Waals surface area contributed by atoms with E-state index in [1.54, 1.807) is 0 Å². The Bertz CT molecular complexity index is 326. The number of aryl methyl sites for hydroxylation is 1. The molecule has 96 valence electrons. The van der Waals surface area contributed by atoms with Crippen LogP contribution < -0.4 is 5.32 Å². The van der Waals surface area contributed by atoms with Gasteiger partial charge >= 0.3 is 0 Å². The minimum atomic E-state index is 0.742. The van der Waals surface area contributed by atoms with Crippen molar-refractivity contribution in [2.75, 3.05) is 26.2 Å². The number of likely N-dealkylation sites (tertiary alicyclic amines) is 1. The smallest absolute Gasteiger partial charge is 0.105 e. The summed E-state index contributed by atoms with van der Waals surface area (Å²) < 4.78 is 2.23. The Balaban J connectivity index is 1.70. The third-order valence-electron chi connectivity index (χ3n) is 3.66. The van der Waals surface area contributed by atoms with Crippen molar-refractivity contribution < 1.29 is 0 Å². The van der Waals surface area contributed by atoms with Crippen LogP contribution in [-0.4, -0.2) is 46.7 Å². The highest BCUT2D eigenvalue weighted by atomic mass is 15.2. The summed E-state index contributed by atoms with van der Waals surface area (Å²) in [6.45, 7) is 10.0. The van der Waals surface area contributed by atoms with E-state index in [4.69, 9.17) is 0 Å². The Labute approximate surface area is 104 Å². The van der Waals surface area contributed by atoms with Crippen molar-refractivity contribution in [2.45, 2.75) is 39.3 Å². The summed E-state index contributed by atoms with van der Waals surface area (Å²) in [7, 11) is 0. The van der Waals surface area contributed by atoms with Crippen molar-refractivity contribution >= 4 is 0 Å². The van der Waals surface area contributed by atoms with E-state index in [-0.39, 0.29) is 0 Å². The van der Waals surface area contributed by atoms with Crippen LogP contribution in [0.4, 0.5) is 0 Å². The summed E-state index contributed by atoms with van der Waals surface area (Å²) in [5.74, 6) is 1.12. The molecule has 0 unspecified atom stereocenters. The zero-order valence-electron chi connectivity index (χ0n) is 11.0. The van der Waals surface area contributed by atoms with Gasteiger partial charge in [-0.15, -0.1) is 0 Å². The van der Waals surface area contributed by atoms with E-state index in [0.29, 0.717) is 0 Å². The third kappa shape index (κ3) is 3.54. The van der Waals surface area contributed by atoms with E-state index in [1.165, 1.54) is 25.9 Å². The van der Waals surface area contributed by atoms with Crippen molar-refractivity contribution in [1.82, 2.24) is 19.8 Å². The van der Waals surface area contributed by atoms with Crippen LogP contribution in [0.1, 0.15) is 25.6 Å². The first-order chi connectivity index (χ1) is 8.29. The van der Waals surface area contributed by atoms with Crippen molar-refractivity contribution in [2.24, 2.45) is 0 Å². The van der Waals surface area contributed by atoms with E-state index >= 15 is 0 Å². The fourth-order valence-corrected chi connectivity index (χ4v) is 2.54. The van der Waals surface area contributed by atoms with Crippen LogP contribution >= 0.6 is 0 Å². The molecule has 0 saturated carbocycles. The van der Waals surface area contributed by atoms with Gasteiger partial charge in [0.1, 0.15) is 5.82 Å². The quantitative estimate of drug-likeness (QED) is 0.835. The maximum atomic E-state index is 4.25. The van der Waals surface area contributed by atoms with E-state index < -0.39 is 0 Å². The number of rotatable bonds is 5. The Morgan fingerprint density at radius 2 is 2.12 bits per heavy atom. The molecule has 0 aliphatic carbocycles. The molecule has 0 amide bonds.